The fraction of sp³-hybridized carbons (Fsp3) is 0.222. The minimum atomic E-state index is 1.04. The zero-order valence-corrected chi connectivity index (χ0v) is 13.1. The molecule has 0 saturated carbocycles. The van der Waals surface area contributed by atoms with Gasteiger partial charge in [0.25, 0.3) is 0 Å². The molecule has 96 valence electrons. The molecule has 0 N–H and O–H groups in total. The van der Waals surface area contributed by atoms with Gasteiger partial charge in [-0.05, 0) is 66.6 Å². The van der Waals surface area contributed by atoms with Gasteiger partial charge in [0.1, 0.15) is 0 Å². The van der Waals surface area contributed by atoms with Gasteiger partial charge in [0.2, 0.25) is 0 Å². The number of allylic oxidation sites excluding steroid dienone is 1. The maximum absolute atomic E-state index is 3.66. The third kappa shape index (κ3) is 2.06. The highest BCUT2D eigenvalue weighted by Gasteiger charge is 2.16. The molecule has 2 aromatic rings. The van der Waals surface area contributed by atoms with Gasteiger partial charge in [-0.25, -0.2) is 0 Å². The van der Waals surface area contributed by atoms with Crippen LogP contribution in [-0.2, 0) is 6.42 Å². The number of benzene rings is 2. The average molecular weight is 313 g/mol. The lowest BCUT2D eigenvalue weighted by molar-refractivity contribution is 1.27. The smallest absolute Gasteiger partial charge is 0.0216 e. The number of halogens is 1. The van der Waals surface area contributed by atoms with E-state index in [1.165, 1.54) is 43.4 Å². The molecule has 1 heteroatoms. The normalized spacial score (nSPS) is 12.8. The van der Waals surface area contributed by atoms with Crippen LogP contribution in [0.1, 0.15) is 27.8 Å². The van der Waals surface area contributed by atoms with Crippen molar-refractivity contribution in [2.75, 3.05) is 0 Å². The number of aryl methyl sites for hydroxylation is 3. The van der Waals surface area contributed by atoms with Crippen molar-refractivity contribution >= 4 is 22.0 Å². The molecule has 1 aliphatic carbocycles. The molecule has 0 aromatic heterocycles. The maximum atomic E-state index is 3.66. The number of hydrogen-bond acceptors (Lipinski definition) is 0. The number of fused-ring (bicyclic) bond motifs is 1. The molecule has 0 unspecified atom stereocenters. The van der Waals surface area contributed by atoms with Crippen LogP contribution in [0.5, 0.6) is 0 Å². The van der Waals surface area contributed by atoms with E-state index >= 15 is 0 Å². The number of rotatable bonds is 1. The van der Waals surface area contributed by atoms with Gasteiger partial charge in [-0.3, -0.25) is 0 Å². The van der Waals surface area contributed by atoms with E-state index in [9.17, 15) is 0 Å². The molecular weight excluding hydrogens is 296 g/mol. The molecule has 0 radical (unpaired) electrons. The van der Waals surface area contributed by atoms with E-state index in [1.807, 2.05) is 0 Å². The molecule has 0 heterocycles. The Morgan fingerprint density at radius 1 is 1.00 bits per heavy atom. The molecule has 2 aromatic carbocycles. The van der Waals surface area contributed by atoms with Gasteiger partial charge in [-0.1, -0.05) is 51.8 Å². The SMILES string of the molecule is Cc1cc(C)c(-c2ccc(Br)c3c2C=CC3)c(C)c1. The quantitative estimate of drug-likeness (QED) is 0.642. The Bertz CT molecular complexity index is 670. The van der Waals surface area contributed by atoms with Gasteiger partial charge in [0.15, 0.2) is 0 Å². The van der Waals surface area contributed by atoms with Crippen molar-refractivity contribution in [2.45, 2.75) is 27.2 Å². The van der Waals surface area contributed by atoms with E-state index in [2.05, 4.69) is 73.1 Å². The molecule has 0 amide bonds. The summed E-state index contributed by atoms with van der Waals surface area (Å²) in [6.45, 7) is 6.58. The van der Waals surface area contributed by atoms with E-state index in [0.717, 1.165) is 6.42 Å². The van der Waals surface area contributed by atoms with E-state index in [0.29, 0.717) is 0 Å². The zero-order valence-electron chi connectivity index (χ0n) is 11.5. The minimum absolute atomic E-state index is 1.04. The highest BCUT2D eigenvalue weighted by Crippen LogP contribution is 2.38. The summed E-state index contributed by atoms with van der Waals surface area (Å²) in [4.78, 5) is 0. The summed E-state index contributed by atoms with van der Waals surface area (Å²) in [5.74, 6) is 0. The lowest BCUT2D eigenvalue weighted by Gasteiger charge is -2.15. The summed E-state index contributed by atoms with van der Waals surface area (Å²) in [6, 6.07) is 8.97. The second-order valence-electron chi connectivity index (χ2n) is 5.37. The van der Waals surface area contributed by atoms with Crippen molar-refractivity contribution in [3.05, 3.63) is 62.6 Å². The Morgan fingerprint density at radius 3 is 2.37 bits per heavy atom. The summed E-state index contributed by atoms with van der Waals surface area (Å²) in [5, 5.41) is 0. The molecule has 1 aliphatic rings. The van der Waals surface area contributed by atoms with E-state index in [1.54, 1.807) is 0 Å². The van der Waals surface area contributed by atoms with Crippen LogP contribution in [0.25, 0.3) is 17.2 Å². The lowest BCUT2D eigenvalue weighted by Crippen LogP contribution is -1.94. The molecule has 0 spiro atoms. The van der Waals surface area contributed by atoms with Gasteiger partial charge in [0.05, 0.1) is 0 Å². The molecule has 0 nitrogen and oxygen atoms in total. The third-order valence-electron chi connectivity index (χ3n) is 3.85. The highest BCUT2D eigenvalue weighted by atomic mass is 79.9. The number of hydrogen-bond donors (Lipinski definition) is 0. The van der Waals surface area contributed by atoms with Gasteiger partial charge >= 0.3 is 0 Å². The van der Waals surface area contributed by atoms with Crippen molar-refractivity contribution in [1.82, 2.24) is 0 Å². The van der Waals surface area contributed by atoms with Crippen LogP contribution in [0, 0.1) is 20.8 Å². The van der Waals surface area contributed by atoms with E-state index in [4.69, 9.17) is 0 Å². The topological polar surface area (TPSA) is 0 Å². The minimum Gasteiger partial charge on any atom is -0.0794 e. The zero-order chi connectivity index (χ0) is 13.6. The summed E-state index contributed by atoms with van der Waals surface area (Å²) >= 11 is 3.66. The first-order valence-electron chi connectivity index (χ1n) is 6.64. The average Bonchev–Trinajstić information content (AvgIpc) is 2.80. The van der Waals surface area contributed by atoms with Crippen LogP contribution >= 0.6 is 15.9 Å². The predicted molar refractivity (Wildman–Crippen MR) is 86.5 cm³/mol. The largest absolute Gasteiger partial charge is 0.0794 e. The van der Waals surface area contributed by atoms with E-state index < -0.39 is 0 Å². The van der Waals surface area contributed by atoms with Crippen LogP contribution in [0.2, 0.25) is 0 Å². The first-order valence-corrected chi connectivity index (χ1v) is 7.43. The Balaban J connectivity index is 2.30. The molecule has 19 heavy (non-hydrogen) atoms. The fourth-order valence-corrected chi connectivity index (χ4v) is 3.66. The molecule has 0 fully saturated rings. The Hall–Kier alpha value is -1.34. The Labute approximate surface area is 123 Å². The van der Waals surface area contributed by atoms with Crippen molar-refractivity contribution < 1.29 is 0 Å². The second kappa shape index (κ2) is 4.64. The van der Waals surface area contributed by atoms with Crippen molar-refractivity contribution in [1.29, 1.82) is 0 Å². The predicted octanol–water partition coefficient (Wildman–Crippen LogP) is 5.61. The fourth-order valence-electron chi connectivity index (χ4n) is 3.15. The monoisotopic (exact) mass is 312 g/mol. The second-order valence-corrected chi connectivity index (χ2v) is 6.22. The van der Waals surface area contributed by atoms with Crippen molar-refractivity contribution in [2.24, 2.45) is 0 Å². The Morgan fingerprint density at radius 2 is 1.68 bits per heavy atom. The van der Waals surface area contributed by atoms with Crippen LogP contribution in [0.15, 0.2) is 34.8 Å². The lowest BCUT2D eigenvalue weighted by atomic mass is 9.90. The standard InChI is InChI=1S/C18H17Br/c1-11-9-12(2)18(13(3)10-11)16-7-8-17(19)15-6-4-5-14(15)16/h4-5,7-10H,6H2,1-3H3. The van der Waals surface area contributed by atoms with Crippen molar-refractivity contribution in [3.8, 4) is 11.1 Å². The van der Waals surface area contributed by atoms with Gasteiger partial charge < -0.3 is 0 Å². The molecule has 0 atom stereocenters. The summed E-state index contributed by atoms with van der Waals surface area (Å²) in [5.41, 5.74) is 9.61. The molecule has 0 bridgehead atoms. The van der Waals surface area contributed by atoms with Crippen LogP contribution in [0.3, 0.4) is 0 Å². The van der Waals surface area contributed by atoms with E-state index in [-0.39, 0.29) is 0 Å². The van der Waals surface area contributed by atoms with Gasteiger partial charge in [-0.15, -0.1) is 0 Å². The first kappa shape index (κ1) is 12.7. The summed E-state index contributed by atoms with van der Waals surface area (Å²) in [7, 11) is 0. The van der Waals surface area contributed by atoms with Gasteiger partial charge in [0, 0.05) is 4.47 Å². The summed E-state index contributed by atoms with van der Waals surface area (Å²) < 4.78 is 1.22. The molecule has 0 aliphatic heterocycles. The highest BCUT2D eigenvalue weighted by molar-refractivity contribution is 9.10. The van der Waals surface area contributed by atoms with Gasteiger partial charge in [-0.2, -0.15) is 0 Å². The third-order valence-corrected chi connectivity index (χ3v) is 4.60. The molecule has 0 saturated heterocycles. The maximum Gasteiger partial charge on any atom is 0.0216 e. The summed E-state index contributed by atoms with van der Waals surface area (Å²) in [6.07, 6.45) is 5.54. The van der Waals surface area contributed by atoms with Crippen molar-refractivity contribution in [3.63, 3.8) is 0 Å². The van der Waals surface area contributed by atoms with Crippen LogP contribution in [0.4, 0.5) is 0 Å². The molecule has 3 rings (SSSR count). The Kier molecular flexibility index (Phi) is 3.10. The van der Waals surface area contributed by atoms with Crippen LogP contribution < -0.4 is 0 Å². The first-order chi connectivity index (χ1) is 9.08. The molecular formula is C18H17Br. The van der Waals surface area contributed by atoms with Crippen LogP contribution in [-0.4, -0.2) is 0 Å².